The molecular weight excluding hydrogens is 218 g/mol. The van der Waals surface area contributed by atoms with Crippen molar-refractivity contribution < 1.29 is 9.47 Å². The number of pyridine rings is 1. The smallest absolute Gasteiger partial charge is 0.155 e. The first kappa shape index (κ1) is 11.8. The zero-order valence-corrected chi connectivity index (χ0v) is 9.80. The lowest BCUT2D eigenvalue weighted by molar-refractivity contribution is -0.0108. The van der Waals surface area contributed by atoms with Gasteiger partial charge in [-0.05, 0) is 13.1 Å². The summed E-state index contributed by atoms with van der Waals surface area (Å²) in [6, 6.07) is 3.97. The van der Waals surface area contributed by atoms with E-state index in [1.165, 1.54) is 0 Å². The molecule has 0 aromatic carbocycles. The lowest BCUT2D eigenvalue weighted by Crippen LogP contribution is -2.46. The van der Waals surface area contributed by atoms with Gasteiger partial charge in [0.2, 0.25) is 0 Å². The molecule has 0 amide bonds. The maximum Gasteiger partial charge on any atom is 0.155 e. The van der Waals surface area contributed by atoms with Crippen LogP contribution in [0.2, 0.25) is 0 Å². The van der Waals surface area contributed by atoms with Crippen molar-refractivity contribution in [1.82, 2.24) is 9.88 Å². The van der Waals surface area contributed by atoms with Gasteiger partial charge in [0, 0.05) is 12.7 Å². The van der Waals surface area contributed by atoms with E-state index in [1.807, 2.05) is 7.05 Å². The van der Waals surface area contributed by atoms with Gasteiger partial charge >= 0.3 is 0 Å². The van der Waals surface area contributed by atoms with Gasteiger partial charge in [-0.15, -0.1) is 0 Å². The largest absolute Gasteiger partial charge is 0.489 e. The second-order valence-electron chi connectivity index (χ2n) is 4.00. The van der Waals surface area contributed by atoms with Crippen LogP contribution in [0.5, 0.6) is 5.75 Å². The highest BCUT2D eigenvalue weighted by molar-refractivity contribution is 5.40. The predicted octanol–water partition coefficient (Wildman–Crippen LogP) is 0.663. The van der Waals surface area contributed by atoms with Gasteiger partial charge in [0.15, 0.2) is 5.75 Å². The van der Waals surface area contributed by atoms with E-state index in [0.717, 1.165) is 13.2 Å². The number of nitrogens with zero attached hydrogens (tertiary/aromatic N) is 3. The van der Waals surface area contributed by atoms with Gasteiger partial charge in [0.05, 0.1) is 31.0 Å². The Labute approximate surface area is 101 Å². The maximum atomic E-state index is 8.91. The lowest BCUT2D eigenvalue weighted by Gasteiger charge is -2.32. The summed E-state index contributed by atoms with van der Waals surface area (Å²) < 4.78 is 11.0. The number of aromatic nitrogens is 1. The van der Waals surface area contributed by atoms with Crippen LogP contribution in [-0.4, -0.2) is 49.3 Å². The Morgan fingerprint density at radius 1 is 1.71 bits per heavy atom. The fourth-order valence-corrected chi connectivity index (χ4v) is 1.69. The van der Waals surface area contributed by atoms with Crippen LogP contribution in [0, 0.1) is 11.3 Å². The van der Waals surface area contributed by atoms with Crippen LogP contribution in [-0.2, 0) is 4.74 Å². The summed E-state index contributed by atoms with van der Waals surface area (Å²) in [5.74, 6) is 0.536. The van der Waals surface area contributed by atoms with Crippen LogP contribution in [0.3, 0.4) is 0 Å². The first-order valence-corrected chi connectivity index (χ1v) is 5.56. The van der Waals surface area contributed by atoms with Crippen molar-refractivity contribution in [2.24, 2.45) is 0 Å². The molecule has 0 bridgehead atoms. The second-order valence-corrected chi connectivity index (χ2v) is 4.00. The Morgan fingerprint density at radius 3 is 3.35 bits per heavy atom. The van der Waals surface area contributed by atoms with Crippen LogP contribution in [0.15, 0.2) is 18.5 Å². The van der Waals surface area contributed by atoms with E-state index in [1.54, 1.807) is 18.5 Å². The Hall–Kier alpha value is -1.64. The van der Waals surface area contributed by atoms with E-state index < -0.39 is 0 Å². The zero-order valence-electron chi connectivity index (χ0n) is 9.80. The Bertz CT molecular complexity index is 416. The highest BCUT2D eigenvalue weighted by atomic mass is 16.5. The summed E-state index contributed by atoms with van der Waals surface area (Å²) >= 11 is 0. The molecule has 1 aliphatic heterocycles. The molecule has 2 rings (SSSR count). The molecule has 1 aromatic rings. The molecule has 0 spiro atoms. The highest BCUT2D eigenvalue weighted by Crippen LogP contribution is 2.16. The fraction of sp³-hybridized carbons (Fsp3) is 0.500. The van der Waals surface area contributed by atoms with E-state index in [4.69, 9.17) is 14.7 Å². The summed E-state index contributed by atoms with van der Waals surface area (Å²) in [5.41, 5.74) is 0.513. The summed E-state index contributed by atoms with van der Waals surface area (Å²) in [5, 5.41) is 8.91. The van der Waals surface area contributed by atoms with Crippen LogP contribution >= 0.6 is 0 Å². The predicted molar refractivity (Wildman–Crippen MR) is 61.7 cm³/mol. The van der Waals surface area contributed by atoms with Gasteiger partial charge < -0.3 is 9.47 Å². The standard InChI is InChI=1S/C12H15N3O2/c1-15-4-5-16-8-11(15)9-17-12-7-14-3-2-10(12)6-13/h2-3,7,11H,4-5,8-9H2,1H3. The van der Waals surface area contributed by atoms with E-state index in [0.29, 0.717) is 24.5 Å². The Morgan fingerprint density at radius 2 is 2.59 bits per heavy atom. The quantitative estimate of drug-likeness (QED) is 0.767. The van der Waals surface area contributed by atoms with Crippen molar-refractivity contribution in [1.29, 1.82) is 5.26 Å². The van der Waals surface area contributed by atoms with E-state index in [2.05, 4.69) is 16.0 Å². The average Bonchev–Trinajstić information content (AvgIpc) is 2.38. The van der Waals surface area contributed by atoms with Crippen molar-refractivity contribution in [3.8, 4) is 11.8 Å². The van der Waals surface area contributed by atoms with Crippen LogP contribution in [0.1, 0.15) is 5.56 Å². The molecule has 1 aliphatic rings. The highest BCUT2D eigenvalue weighted by Gasteiger charge is 2.20. The van der Waals surface area contributed by atoms with Gasteiger partial charge in [-0.1, -0.05) is 0 Å². The number of hydrogen-bond donors (Lipinski definition) is 0. The summed E-state index contributed by atoms with van der Waals surface area (Å²) in [4.78, 5) is 6.16. The molecule has 1 aromatic heterocycles. The van der Waals surface area contributed by atoms with E-state index in [-0.39, 0.29) is 6.04 Å². The molecule has 90 valence electrons. The summed E-state index contributed by atoms with van der Waals surface area (Å²) in [7, 11) is 2.05. The molecule has 1 unspecified atom stereocenters. The number of hydrogen-bond acceptors (Lipinski definition) is 5. The molecule has 1 atom stereocenters. The second kappa shape index (κ2) is 5.62. The Balaban J connectivity index is 1.95. The normalized spacial score (nSPS) is 20.8. The number of morpholine rings is 1. The van der Waals surface area contributed by atoms with Gasteiger partial charge in [-0.3, -0.25) is 9.88 Å². The van der Waals surface area contributed by atoms with Gasteiger partial charge in [-0.2, -0.15) is 5.26 Å². The third-order valence-corrected chi connectivity index (χ3v) is 2.86. The first-order chi connectivity index (χ1) is 8.31. The minimum Gasteiger partial charge on any atom is -0.489 e. The van der Waals surface area contributed by atoms with E-state index >= 15 is 0 Å². The van der Waals surface area contributed by atoms with Crippen LogP contribution in [0.25, 0.3) is 0 Å². The lowest BCUT2D eigenvalue weighted by atomic mass is 10.2. The minimum absolute atomic E-state index is 0.232. The monoisotopic (exact) mass is 233 g/mol. The van der Waals surface area contributed by atoms with Crippen LogP contribution < -0.4 is 4.74 Å². The molecule has 1 saturated heterocycles. The van der Waals surface area contributed by atoms with Crippen molar-refractivity contribution in [3.05, 3.63) is 24.0 Å². The number of nitriles is 1. The molecule has 5 heteroatoms. The number of rotatable bonds is 3. The number of ether oxygens (including phenoxy) is 2. The van der Waals surface area contributed by atoms with Gasteiger partial charge in [-0.25, -0.2) is 0 Å². The third-order valence-electron chi connectivity index (χ3n) is 2.86. The summed E-state index contributed by atoms with van der Waals surface area (Å²) in [6.45, 7) is 2.85. The molecule has 0 saturated carbocycles. The molecule has 0 aliphatic carbocycles. The first-order valence-electron chi connectivity index (χ1n) is 5.56. The van der Waals surface area contributed by atoms with Crippen molar-refractivity contribution in [2.75, 3.05) is 33.4 Å². The van der Waals surface area contributed by atoms with Gasteiger partial charge in [0.25, 0.3) is 0 Å². The molecule has 17 heavy (non-hydrogen) atoms. The van der Waals surface area contributed by atoms with Crippen molar-refractivity contribution in [3.63, 3.8) is 0 Å². The zero-order chi connectivity index (χ0) is 12.1. The minimum atomic E-state index is 0.232. The average molecular weight is 233 g/mol. The SMILES string of the molecule is CN1CCOCC1COc1cnccc1C#N. The van der Waals surface area contributed by atoms with Gasteiger partial charge in [0.1, 0.15) is 12.7 Å². The summed E-state index contributed by atoms with van der Waals surface area (Å²) in [6.07, 6.45) is 3.16. The fourth-order valence-electron chi connectivity index (χ4n) is 1.69. The van der Waals surface area contributed by atoms with E-state index in [9.17, 15) is 0 Å². The molecule has 2 heterocycles. The topological polar surface area (TPSA) is 58.4 Å². The molecule has 0 radical (unpaired) electrons. The molecule has 1 fully saturated rings. The Kier molecular flexibility index (Phi) is 3.91. The third kappa shape index (κ3) is 2.93. The molecular formula is C12H15N3O2. The molecule has 0 N–H and O–H groups in total. The van der Waals surface area contributed by atoms with Crippen molar-refractivity contribution >= 4 is 0 Å². The number of likely N-dealkylation sites (N-methyl/N-ethyl adjacent to an activating group) is 1. The maximum absolute atomic E-state index is 8.91. The van der Waals surface area contributed by atoms with Crippen LogP contribution in [0.4, 0.5) is 0 Å². The van der Waals surface area contributed by atoms with Crippen molar-refractivity contribution in [2.45, 2.75) is 6.04 Å². The molecule has 5 nitrogen and oxygen atoms in total.